The number of hydrogen-bond acceptors (Lipinski definition) is 11. The molecule has 4 aromatic rings. The van der Waals surface area contributed by atoms with Gasteiger partial charge in [0.15, 0.2) is 28.4 Å². The molecule has 14 heteroatoms. The van der Waals surface area contributed by atoms with E-state index in [1.54, 1.807) is 16.7 Å². The molecule has 0 aliphatic heterocycles. The lowest BCUT2D eigenvalue weighted by atomic mass is 10.1. The lowest BCUT2D eigenvalue weighted by molar-refractivity contribution is 0.0855. The number of fused-ring (bicyclic) bond motifs is 1. The van der Waals surface area contributed by atoms with Gasteiger partial charge in [0, 0.05) is 12.1 Å². The van der Waals surface area contributed by atoms with Crippen LogP contribution in [0.25, 0.3) is 11.2 Å². The summed E-state index contributed by atoms with van der Waals surface area (Å²) in [6, 6.07) is 13.8. The highest BCUT2D eigenvalue weighted by Crippen LogP contribution is 2.49. The third-order valence-corrected chi connectivity index (χ3v) is 7.13. The van der Waals surface area contributed by atoms with E-state index >= 15 is 0 Å². The lowest BCUT2D eigenvalue weighted by Crippen LogP contribution is -2.14. The molecule has 206 valence electrons. The van der Waals surface area contributed by atoms with E-state index < -0.39 is 31.9 Å². The number of H-pyrrole nitrogens is 1. The first kappa shape index (κ1) is 28.0. The molecule has 0 saturated heterocycles. The van der Waals surface area contributed by atoms with Crippen molar-refractivity contribution in [2.75, 3.05) is 39.5 Å². The number of hydrogen-bond donors (Lipinski definition) is 2. The second-order valence-corrected chi connectivity index (χ2v) is 10.2. The number of benzene rings is 2. The zero-order valence-corrected chi connectivity index (χ0v) is 22.3. The number of Topliss-reactive ketones (excluding diaryl/α,β-unsaturated/α-hetero) is 1. The van der Waals surface area contributed by atoms with Gasteiger partial charge in [-0.05, 0) is 23.8 Å². The van der Waals surface area contributed by atoms with Crippen molar-refractivity contribution in [2.45, 2.75) is 13.2 Å². The van der Waals surface area contributed by atoms with Gasteiger partial charge in [-0.25, -0.2) is 4.98 Å². The molecule has 0 spiro atoms. The number of anilines is 1. The minimum atomic E-state index is -3.88. The second-order valence-electron chi connectivity index (χ2n) is 8.24. The number of aromatic nitrogens is 4. The summed E-state index contributed by atoms with van der Waals surface area (Å²) in [6.07, 6.45) is 1.02. The number of nitrogens with one attached hydrogen (secondary N) is 1. The molecule has 2 heterocycles. The number of nitrogens with zero attached hydrogens (tertiary/aromatic N) is 3. The molecule has 0 aliphatic rings. The van der Waals surface area contributed by atoms with Crippen LogP contribution >= 0.6 is 7.60 Å². The topological polar surface area (TPSA) is 170 Å². The summed E-state index contributed by atoms with van der Waals surface area (Å²) in [5.41, 5.74) is 6.66. The molecule has 4 rings (SSSR count). The third kappa shape index (κ3) is 7.09. The van der Waals surface area contributed by atoms with Crippen molar-refractivity contribution in [3.63, 3.8) is 0 Å². The molecule has 0 fully saturated rings. The van der Waals surface area contributed by atoms with Gasteiger partial charge >= 0.3 is 7.60 Å². The van der Waals surface area contributed by atoms with Gasteiger partial charge in [0.25, 0.3) is 5.56 Å². The van der Waals surface area contributed by atoms with Crippen LogP contribution in [0.5, 0.6) is 11.5 Å². The summed E-state index contributed by atoms with van der Waals surface area (Å²) in [5.74, 6) is 0.369. The van der Waals surface area contributed by atoms with Crippen molar-refractivity contribution in [3.8, 4) is 11.5 Å². The summed E-state index contributed by atoms with van der Waals surface area (Å²) < 4.78 is 42.4. The fraction of sp³-hybridized carbons (Fsp3) is 0.280. The summed E-state index contributed by atoms with van der Waals surface area (Å²) in [7, 11) is -0.929. The van der Waals surface area contributed by atoms with Gasteiger partial charge in [0.2, 0.25) is 5.95 Å². The van der Waals surface area contributed by atoms with E-state index in [0.717, 1.165) is 5.56 Å². The van der Waals surface area contributed by atoms with Crippen LogP contribution in [-0.4, -0.2) is 59.1 Å². The fourth-order valence-corrected chi connectivity index (χ4v) is 4.82. The number of ether oxygens (including phenoxy) is 3. The van der Waals surface area contributed by atoms with E-state index in [9.17, 15) is 14.2 Å². The van der Waals surface area contributed by atoms with Gasteiger partial charge in [0.05, 0.1) is 33.8 Å². The van der Waals surface area contributed by atoms with Gasteiger partial charge in [-0.3, -0.25) is 23.7 Å². The van der Waals surface area contributed by atoms with Crippen molar-refractivity contribution >= 4 is 30.5 Å². The first-order chi connectivity index (χ1) is 18.8. The van der Waals surface area contributed by atoms with Gasteiger partial charge in [-0.1, -0.05) is 30.3 Å². The van der Waals surface area contributed by atoms with Crippen molar-refractivity contribution in [2.24, 2.45) is 0 Å². The molecule has 3 N–H and O–H groups in total. The summed E-state index contributed by atoms with van der Waals surface area (Å²) in [6.45, 7) is -0.228. The molecule has 1 atom stereocenters. The van der Waals surface area contributed by atoms with Gasteiger partial charge in [-0.2, -0.15) is 4.98 Å². The fourth-order valence-electron chi connectivity index (χ4n) is 3.58. The molecule has 2 aromatic carbocycles. The van der Waals surface area contributed by atoms with Crippen LogP contribution in [0.15, 0.2) is 59.7 Å². The highest BCUT2D eigenvalue weighted by molar-refractivity contribution is 7.53. The molecular formula is C25H28N5O8P. The number of imidazole rings is 1. The number of rotatable bonds is 14. The third-order valence-electron chi connectivity index (χ3n) is 5.59. The molecule has 2 aromatic heterocycles. The highest BCUT2D eigenvalue weighted by atomic mass is 31.2. The van der Waals surface area contributed by atoms with Crippen LogP contribution < -0.4 is 20.8 Å². The molecule has 0 amide bonds. The quantitative estimate of drug-likeness (QED) is 0.133. The van der Waals surface area contributed by atoms with E-state index in [2.05, 4.69) is 15.0 Å². The first-order valence-electron chi connectivity index (χ1n) is 11.8. The standard InChI is InChI=1S/C25H28N5O8P/c1-34-20-9-8-18(12-21(20)35-2)19(31)14-38-39(33,37-13-17-6-4-3-5-7-17)16-36-11-10-30-15-27-22-23(30)28-25(26)29-24(22)32/h3-9,12,15H,10-11,13-14,16H2,1-2H3,(H3,26,28,29,32). The van der Waals surface area contributed by atoms with E-state index in [4.69, 9.17) is 29.0 Å². The Labute approximate surface area is 223 Å². The average Bonchev–Trinajstić information content (AvgIpc) is 3.36. The number of aromatic amines is 1. The maximum atomic E-state index is 13.5. The van der Waals surface area contributed by atoms with Crippen molar-refractivity contribution in [1.82, 2.24) is 19.5 Å². The minimum Gasteiger partial charge on any atom is -0.493 e. The second kappa shape index (κ2) is 12.7. The van der Waals surface area contributed by atoms with Crippen LogP contribution in [0.1, 0.15) is 15.9 Å². The number of ketones is 1. The van der Waals surface area contributed by atoms with Crippen molar-refractivity contribution in [3.05, 3.63) is 76.3 Å². The van der Waals surface area contributed by atoms with E-state index in [-0.39, 0.29) is 36.8 Å². The summed E-state index contributed by atoms with van der Waals surface area (Å²) >= 11 is 0. The van der Waals surface area contributed by atoms with Crippen LogP contribution in [0.3, 0.4) is 0 Å². The molecule has 0 bridgehead atoms. The molecule has 1 unspecified atom stereocenters. The van der Waals surface area contributed by atoms with E-state index in [1.165, 1.54) is 26.6 Å². The number of carbonyl (C=O) groups is 1. The number of nitrogens with two attached hydrogens (primary N) is 1. The van der Waals surface area contributed by atoms with Crippen LogP contribution in [0.2, 0.25) is 0 Å². The predicted molar refractivity (Wildman–Crippen MR) is 142 cm³/mol. The Kier molecular flexibility index (Phi) is 9.10. The Morgan fingerprint density at radius 3 is 2.59 bits per heavy atom. The normalized spacial score (nSPS) is 12.8. The molecule has 0 aliphatic carbocycles. The SMILES string of the molecule is COc1ccc(C(=O)COP(=O)(COCCn2cnc3c(=O)[nH]c(N)nc32)OCc2ccccc2)cc1OC. The Morgan fingerprint density at radius 1 is 1.08 bits per heavy atom. The number of methoxy groups -OCH3 is 2. The van der Waals surface area contributed by atoms with Crippen LogP contribution in [0.4, 0.5) is 5.95 Å². The van der Waals surface area contributed by atoms with Gasteiger partial charge < -0.3 is 29.0 Å². The molecule has 0 radical (unpaired) electrons. The van der Waals surface area contributed by atoms with Crippen LogP contribution in [-0.2, 0) is 31.5 Å². The molecule has 39 heavy (non-hydrogen) atoms. The predicted octanol–water partition coefficient (Wildman–Crippen LogP) is 3.00. The first-order valence-corrected chi connectivity index (χ1v) is 13.5. The Bertz CT molecular complexity index is 1540. The number of nitrogen functional groups attached to an aromatic ring is 1. The smallest absolute Gasteiger partial charge is 0.356 e. The van der Waals surface area contributed by atoms with Crippen molar-refractivity contribution in [1.29, 1.82) is 0 Å². The zero-order chi connectivity index (χ0) is 27.8. The maximum absolute atomic E-state index is 13.5. The molecular weight excluding hydrogens is 529 g/mol. The Balaban J connectivity index is 1.41. The van der Waals surface area contributed by atoms with E-state index in [1.807, 2.05) is 30.3 Å². The largest absolute Gasteiger partial charge is 0.493 e. The average molecular weight is 558 g/mol. The Hall–Kier alpha value is -4.03. The molecule has 0 saturated carbocycles. The zero-order valence-electron chi connectivity index (χ0n) is 21.4. The van der Waals surface area contributed by atoms with Gasteiger partial charge in [0.1, 0.15) is 13.0 Å². The summed E-state index contributed by atoms with van der Waals surface area (Å²) in [5, 5.41) is 0. The highest BCUT2D eigenvalue weighted by Gasteiger charge is 2.27. The van der Waals surface area contributed by atoms with Gasteiger partial charge in [-0.15, -0.1) is 0 Å². The lowest BCUT2D eigenvalue weighted by Gasteiger charge is -2.19. The maximum Gasteiger partial charge on any atom is 0.356 e. The van der Waals surface area contributed by atoms with Crippen molar-refractivity contribution < 1.29 is 32.6 Å². The summed E-state index contributed by atoms with van der Waals surface area (Å²) in [4.78, 5) is 35.3. The van der Waals surface area contributed by atoms with E-state index in [0.29, 0.717) is 17.1 Å². The Morgan fingerprint density at radius 2 is 1.85 bits per heavy atom. The minimum absolute atomic E-state index is 0.00976. The monoisotopic (exact) mass is 557 g/mol. The van der Waals surface area contributed by atoms with Crippen LogP contribution in [0, 0.1) is 0 Å². The number of carbonyl (C=O) groups excluding carboxylic acids is 1. The molecule has 13 nitrogen and oxygen atoms in total.